The van der Waals surface area contributed by atoms with Crippen molar-refractivity contribution in [2.75, 3.05) is 18.5 Å². The SMILES string of the molecule is N#Cc1cccc(C(=O)Nc2ccccc2S(=O)(=O)NCCO)c1. The van der Waals surface area contributed by atoms with Crippen LogP contribution in [-0.4, -0.2) is 32.6 Å². The molecule has 0 aliphatic rings. The van der Waals surface area contributed by atoms with Gasteiger partial charge < -0.3 is 10.4 Å². The van der Waals surface area contributed by atoms with Crippen molar-refractivity contribution in [1.82, 2.24) is 4.72 Å². The van der Waals surface area contributed by atoms with Gasteiger partial charge in [-0.25, -0.2) is 13.1 Å². The van der Waals surface area contributed by atoms with Crippen LogP contribution in [0.1, 0.15) is 15.9 Å². The molecule has 2 aromatic rings. The summed E-state index contributed by atoms with van der Waals surface area (Å²) in [6.07, 6.45) is 0. The average molecular weight is 345 g/mol. The topological polar surface area (TPSA) is 119 Å². The van der Waals surface area contributed by atoms with E-state index in [0.717, 1.165) is 0 Å². The number of carbonyl (C=O) groups is 1. The molecule has 8 heteroatoms. The Kier molecular flexibility index (Phi) is 5.65. The van der Waals surface area contributed by atoms with E-state index in [9.17, 15) is 13.2 Å². The van der Waals surface area contributed by atoms with Crippen molar-refractivity contribution < 1.29 is 18.3 Å². The van der Waals surface area contributed by atoms with Gasteiger partial charge in [0.1, 0.15) is 4.90 Å². The van der Waals surface area contributed by atoms with Gasteiger partial charge in [-0.1, -0.05) is 18.2 Å². The molecule has 7 nitrogen and oxygen atoms in total. The maximum atomic E-state index is 12.3. The van der Waals surface area contributed by atoms with Crippen molar-refractivity contribution in [3.8, 4) is 6.07 Å². The zero-order chi connectivity index (χ0) is 17.6. The van der Waals surface area contributed by atoms with Crippen LogP contribution >= 0.6 is 0 Å². The number of aliphatic hydroxyl groups is 1. The van der Waals surface area contributed by atoms with E-state index < -0.39 is 15.9 Å². The largest absolute Gasteiger partial charge is 0.395 e. The first-order chi connectivity index (χ1) is 11.5. The molecule has 0 spiro atoms. The lowest BCUT2D eigenvalue weighted by atomic mass is 10.1. The van der Waals surface area contributed by atoms with Crippen LogP contribution in [0.4, 0.5) is 5.69 Å². The van der Waals surface area contributed by atoms with Gasteiger partial charge in [0.05, 0.1) is 23.9 Å². The van der Waals surface area contributed by atoms with Crippen molar-refractivity contribution in [1.29, 1.82) is 5.26 Å². The van der Waals surface area contributed by atoms with Gasteiger partial charge in [-0.3, -0.25) is 4.79 Å². The molecule has 1 amide bonds. The number of para-hydroxylation sites is 1. The van der Waals surface area contributed by atoms with E-state index in [1.807, 2.05) is 6.07 Å². The number of rotatable bonds is 6. The number of nitrogens with zero attached hydrogens (tertiary/aromatic N) is 1. The molecule has 2 aromatic carbocycles. The maximum absolute atomic E-state index is 12.3. The van der Waals surface area contributed by atoms with E-state index in [2.05, 4.69) is 10.0 Å². The summed E-state index contributed by atoms with van der Waals surface area (Å²) < 4.78 is 26.7. The molecule has 0 radical (unpaired) electrons. The lowest BCUT2D eigenvalue weighted by Gasteiger charge is -2.12. The molecule has 24 heavy (non-hydrogen) atoms. The number of carbonyl (C=O) groups excluding carboxylic acids is 1. The highest BCUT2D eigenvalue weighted by Gasteiger charge is 2.19. The summed E-state index contributed by atoms with van der Waals surface area (Å²) in [5.74, 6) is -0.531. The molecule has 0 unspecified atom stereocenters. The first kappa shape index (κ1) is 17.6. The molecule has 0 fully saturated rings. The predicted molar refractivity (Wildman–Crippen MR) is 87.8 cm³/mol. The van der Waals surface area contributed by atoms with E-state index >= 15 is 0 Å². The second-order valence-corrected chi connectivity index (χ2v) is 6.50. The fourth-order valence-corrected chi connectivity index (χ4v) is 3.17. The number of anilines is 1. The van der Waals surface area contributed by atoms with Crippen LogP contribution in [0.2, 0.25) is 0 Å². The third kappa shape index (κ3) is 4.17. The molecule has 0 heterocycles. The van der Waals surface area contributed by atoms with E-state index in [-0.39, 0.29) is 29.3 Å². The van der Waals surface area contributed by atoms with Gasteiger partial charge >= 0.3 is 0 Å². The van der Waals surface area contributed by atoms with Gasteiger partial charge in [-0.05, 0) is 30.3 Å². The first-order valence-electron chi connectivity index (χ1n) is 6.99. The zero-order valence-electron chi connectivity index (χ0n) is 12.6. The van der Waals surface area contributed by atoms with Crippen LogP contribution < -0.4 is 10.0 Å². The Morgan fingerprint density at radius 2 is 1.92 bits per heavy atom. The number of nitriles is 1. The van der Waals surface area contributed by atoms with Crippen molar-refractivity contribution in [2.45, 2.75) is 4.90 Å². The summed E-state index contributed by atoms with van der Waals surface area (Å²) >= 11 is 0. The standard InChI is InChI=1S/C16H15N3O4S/c17-11-12-4-3-5-13(10-12)16(21)19-14-6-1-2-7-15(14)24(22,23)18-8-9-20/h1-7,10,18,20H,8-9H2,(H,19,21). The molecule has 0 aromatic heterocycles. The van der Waals surface area contributed by atoms with Gasteiger partial charge in [0, 0.05) is 12.1 Å². The Bertz CT molecular complexity index is 888. The number of benzene rings is 2. The van der Waals surface area contributed by atoms with Crippen LogP contribution in [-0.2, 0) is 10.0 Å². The quantitative estimate of drug-likeness (QED) is 0.724. The molecular weight excluding hydrogens is 330 g/mol. The fraction of sp³-hybridized carbons (Fsp3) is 0.125. The Morgan fingerprint density at radius 3 is 2.62 bits per heavy atom. The highest BCUT2D eigenvalue weighted by atomic mass is 32.2. The predicted octanol–water partition coefficient (Wildman–Crippen LogP) is 1.08. The smallest absolute Gasteiger partial charge is 0.255 e. The van der Waals surface area contributed by atoms with Crippen LogP contribution in [0.3, 0.4) is 0 Å². The summed E-state index contributed by atoms with van der Waals surface area (Å²) in [5.41, 5.74) is 0.674. The first-order valence-corrected chi connectivity index (χ1v) is 8.47. The maximum Gasteiger partial charge on any atom is 0.255 e. The lowest BCUT2D eigenvalue weighted by molar-refractivity contribution is 0.102. The highest BCUT2D eigenvalue weighted by Crippen LogP contribution is 2.21. The minimum atomic E-state index is -3.87. The second-order valence-electron chi connectivity index (χ2n) is 4.76. The number of aliphatic hydroxyl groups excluding tert-OH is 1. The normalized spacial score (nSPS) is 10.8. The van der Waals surface area contributed by atoms with E-state index in [4.69, 9.17) is 10.4 Å². The fourth-order valence-electron chi connectivity index (χ4n) is 1.99. The Morgan fingerprint density at radius 1 is 1.17 bits per heavy atom. The van der Waals surface area contributed by atoms with Gasteiger partial charge in [0.25, 0.3) is 5.91 Å². The Balaban J connectivity index is 2.30. The molecule has 2 rings (SSSR count). The summed E-state index contributed by atoms with van der Waals surface area (Å²) in [6, 6.07) is 13.9. The number of hydrogen-bond donors (Lipinski definition) is 3. The Labute approximate surface area is 139 Å². The van der Waals surface area contributed by atoms with E-state index in [1.165, 1.54) is 30.3 Å². The van der Waals surface area contributed by atoms with Gasteiger partial charge in [0.15, 0.2) is 0 Å². The van der Waals surface area contributed by atoms with Crippen LogP contribution in [0.25, 0.3) is 0 Å². The minimum Gasteiger partial charge on any atom is -0.395 e. The zero-order valence-corrected chi connectivity index (χ0v) is 13.4. The van der Waals surface area contributed by atoms with Crippen molar-refractivity contribution >= 4 is 21.6 Å². The summed E-state index contributed by atoms with van der Waals surface area (Å²) in [6.45, 7) is -0.469. The van der Waals surface area contributed by atoms with Gasteiger partial charge in [-0.2, -0.15) is 5.26 Å². The molecule has 3 N–H and O–H groups in total. The number of sulfonamides is 1. The number of amides is 1. The third-order valence-corrected chi connectivity index (χ3v) is 4.60. The van der Waals surface area contributed by atoms with Crippen molar-refractivity contribution in [3.05, 3.63) is 59.7 Å². The molecule has 124 valence electrons. The van der Waals surface area contributed by atoms with E-state index in [0.29, 0.717) is 5.56 Å². The van der Waals surface area contributed by atoms with Crippen LogP contribution in [0, 0.1) is 11.3 Å². The van der Waals surface area contributed by atoms with Crippen LogP contribution in [0.5, 0.6) is 0 Å². The molecule has 0 saturated heterocycles. The second kappa shape index (κ2) is 7.70. The average Bonchev–Trinajstić information content (AvgIpc) is 2.60. The lowest BCUT2D eigenvalue weighted by Crippen LogP contribution is -2.27. The molecule has 0 bridgehead atoms. The van der Waals surface area contributed by atoms with E-state index in [1.54, 1.807) is 18.2 Å². The Hall–Kier alpha value is -2.73. The number of hydrogen-bond acceptors (Lipinski definition) is 5. The van der Waals surface area contributed by atoms with Crippen LogP contribution in [0.15, 0.2) is 53.4 Å². The van der Waals surface area contributed by atoms with Crippen molar-refractivity contribution in [3.63, 3.8) is 0 Å². The summed E-state index contributed by atoms with van der Waals surface area (Å²) in [7, 11) is -3.87. The minimum absolute atomic E-state index is 0.107. The van der Waals surface area contributed by atoms with Gasteiger partial charge in [0.2, 0.25) is 10.0 Å². The highest BCUT2D eigenvalue weighted by molar-refractivity contribution is 7.89. The molecule has 0 saturated carbocycles. The summed E-state index contributed by atoms with van der Waals surface area (Å²) in [5, 5.41) is 20.2. The summed E-state index contributed by atoms with van der Waals surface area (Å²) in [4.78, 5) is 12.2. The molecular formula is C16H15N3O4S. The molecule has 0 aliphatic heterocycles. The number of nitrogens with one attached hydrogen (secondary N) is 2. The molecule has 0 aliphatic carbocycles. The molecule has 0 atom stereocenters. The monoisotopic (exact) mass is 345 g/mol. The van der Waals surface area contributed by atoms with Gasteiger partial charge in [-0.15, -0.1) is 0 Å². The van der Waals surface area contributed by atoms with Crippen molar-refractivity contribution in [2.24, 2.45) is 0 Å². The third-order valence-electron chi connectivity index (χ3n) is 3.08.